The Bertz CT molecular complexity index is 202. The van der Waals surface area contributed by atoms with Crippen molar-refractivity contribution in [3.05, 3.63) is 24.4 Å². The molecule has 1 heterocycles. The van der Waals surface area contributed by atoms with Crippen LogP contribution < -0.4 is 56.3 Å². The second-order valence-electron chi connectivity index (χ2n) is 2.36. The zero-order valence-corrected chi connectivity index (χ0v) is 11.7. The van der Waals surface area contributed by atoms with Gasteiger partial charge >= 0.3 is 51.4 Å². The van der Waals surface area contributed by atoms with Gasteiger partial charge in [-0.25, -0.2) is 4.98 Å². The molecular formula is C9H15KN2O. The Balaban J connectivity index is 0. The van der Waals surface area contributed by atoms with Crippen LogP contribution in [0.3, 0.4) is 0 Å². The van der Waals surface area contributed by atoms with E-state index < -0.39 is 0 Å². The average Bonchev–Trinajstić information content (AvgIpc) is 2.09. The summed E-state index contributed by atoms with van der Waals surface area (Å²) in [6, 6.07) is 5.99. The van der Waals surface area contributed by atoms with E-state index in [1.54, 1.807) is 0 Å². The van der Waals surface area contributed by atoms with Crippen molar-refractivity contribution in [2.24, 2.45) is 0 Å². The Morgan fingerprint density at radius 2 is 1.85 bits per heavy atom. The minimum atomic E-state index is 0. The van der Waals surface area contributed by atoms with Gasteiger partial charge in [-0.15, -0.1) is 0 Å². The van der Waals surface area contributed by atoms with Crippen LogP contribution in [0.2, 0.25) is 0 Å². The molecule has 1 aromatic heterocycles. The fraction of sp³-hybridized carbons (Fsp3) is 0.444. The van der Waals surface area contributed by atoms with E-state index in [2.05, 4.69) is 23.7 Å². The van der Waals surface area contributed by atoms with Crippen LogP contribution in [0.15, 0.2) is 24.4 Å². The van der Waals surface area contributed by atoms with Gasteiger partial charge in [0.1, 0.15) is 5.82 Å². The minimum Gasteiger partial charge on any atom is -0.870 e. The molecule has 1 aromatic rings. The zero-order chi connectivity index (χ0) is 8.10. The maximum absolute atomic E-state index is 4.25. The topological polar surface area (TPSA) is 46.1 Å². The number of pyridine rings is 1. The van der Waals surface area contributed by atoms with Crippen molar-refractivity contribution in [3.8, 4) is 0 Å². The Kier molecular flexibility index (Phi) is 11.2. The fourth-order valence-corrected chi connectivity index (χ4v) is 1.09. The third-order valence-electron chi connectivity index (χ3n) is 1.74. The van der Waals surface area contributed by atoms with Crippen LogP contribution in [0.5, 0.6) is 0 Å². The maximum atomic E-state index is 4.25. The van der Waals surface area contributed by atoms with Gasteiger partial charge in [-0.3, -0.25) is 0 Å². The molecule has 1 rings (SSSR count). The molecule has 0 amide bonds. The second-order valence-corrected chi connectivity index (χ2v) is 2.36. The van der Waals surface area contributed by atoms with Crippen LogP contribution >= 0.6 is 0 Å². The van der Waals surface area contributed by atoms with E-state index in [1.807, 2.05) is 24.4 Å². The molecule has 0 aromatic carbocycles. The molecular weight excluding hydrogens is 191 g/mol. The number of rotatable bonds is 3. The van der Waals surface area contributed by atoms with Gasteiger partial charge in [-0.2, -0.15) is 0 Å². The summed E-state index contributed by atoms with van der Waals surface area (Å²) in [5, 5.41) is 0. The van der Waals surface area contributed by atoms with Crippen LogP contribution in [0, 0.1) is 0 Å². The number of hydrogen-bond acceptors (Lipinski definition) is 3. The minimum absolute atomic E-state index is 0. The molecule has 0 aliphatic heterocycles. The van der Waals surface area contributed by atoms with E-state index in [1.165, 1.54) is 0 Å². The van der Waals surface area contributed by atoms with Crippen LogP contribution in [0.25, 0.3) is 0 Å². The quantitative estimate of drug-likeness (QED) is 0.581. The Morgan fingerprint density at radius 1 is 1.23 bits per heavy atom. The molecule has 0 bridgehead atoms. The van der Waals surface area contributed by atoms with Crippen molar-refractivity contribution in [2.75, 3.05) is 18.0 Å². The van der Waals surface area contributed by atoms with Crippen molar-refractivity contribution in [1.29, 1.82) is 0 Å². The number of hydrogen-bond donors (Lipinski definition) is 0. The molecule has 0 aliphatic carbocycles. The summed E-state index contributed by atoms with van der Waals surface area (Å²) >= 11 is 0. The standard InChI is InChI=1S/C9H14N2.K.H2O/c1-3-11(4-2)9-7-5-6-8-10-9;;/h5-8H,3-4H2,1-2H3;;1H2/q;+1;/p-1. The molecule has 0 fully saturated rings. The summed E-state index contributed by atoms with van der Waals surface area (Å²) in [4.78, 5) is 6.47. The van der Waals surface area contributed by atoms with Gasteiger partial charge in [0, 0.05) is 19.3 Å². The van der Waals surface area contributed by atoms with E-state index in [-0.39, 0.29) is 56.9 Å². The monoisotopic (exact) mass is 206 g/mol. The molecule has 1 N–H and O–H groups in total. The van der Waals surface area contributed by atoms with Crippen LogP contribution in [-0.4, -0.2) is 23.5 Å². The molecule has 3 nitrogen and oxygen atoms in total. The molecule has 13 heavy (non-hydrogen) atoms. The van der Waals surface area contributed by atoms with E-state index >= 15 is 0 Å². The third-order valence-corrected chi connectivity index (χ3v) is 1.74. The van der Waals surface area contributed by atoms with E-state index in [0.29, 0.717) is 0 Å². The van der Waals surface area contributed by atoms with E-state index in [4.69, 9.17) is 0 Å². The SMILES string of the molecule is CCN(CC)c1ccccn1.[K+].[OH-]. The molecule has 0 unspecified atom stereocenters. The largest absolute Gasteiger partial charge is 1.00 e. The van der Waals surface area contributed by atoms with Crippen molar-refractivity contribution in [3.63, 3.8) is 0 Å². The third kappa shape index (κ3) is 5.10. The van der Waals surface area contributed by atoms with Crippen molar-refractivity contribution in [1.82, 2.24) is 4.98 Å². The maximum Gasteiger partial charge on any atom is 1.00 e. The molecule has 0 radical (unpaired) electrons. The molecule has 0 saturated carbocycles. The van der Waals surface area contributed by atoms with E-state index in [0.717, 1.165) is 18.9 Å². The second kappa shape index (κ2) is 9.12. The summed E-state index contributed by atoms with van der Waals surface area (Å²) in [6.45, 7) is 6.32. The fourth-order valence-electron chi connectivity index (χ4n) is 1.09. The molecule has 0 spiro atoms. The van der Waals surface area contributed by atoms with Crippen LogP contribution in [0.1, 0.15) is 13.8 Å². The van der Waals surface area contributed by atoms with Crippen LogP contribution in [-0.2, 0) is 0 Å². The molecule has 4 heteroatoms. The van der Waals surface area contributed by atoms with Gasteiger partial charge in [0.15, 0.2) is 0 Å². The molecule has 0 saturated heterocycles. The van der Waals surface area contributed by atoms with Gasteiger partial charge in [0.2, 0.25) is 0 Å². The number of anilines is 1. The first kappa shape index (κ1) is 16.0. The first-order valence-electron chi connectivity index (χ1n) is 4.04. The van der Waals surface area contributed by atoms with Gasteiger partial charge in [0.25, 0.3) is 0 Å². The van der Waals surface area contributed by atoms with Gasteiger partial charge in [0.05, 0.1) is 0 Å². The summed E-state index contributed by atoms with van der Waals surface area (Å²) in [5.41, 5.74) is 0. The Hall–Kier alpha value is 0.546. The van der Waals surface area contributed by atoms with Crippen molar-refractivity contribution < 1.29 is 56.9 Å². The Labute approximate surface area is 122 Å². The normalized spacial score (nSPS) is 8.15. The first-order valence-corrected chi connectivity index (χ1v) is 4.04. The smallest absolute Gasteiger partial charge is 0.870 e. The Morgan fingerprint density at radius 3 is 2.23 bits per heavy atom. The average molecular weight is 206 g/mol. The summed E-state index contributed by atoms with van der Waals surface area (Å²) in [7, 11) is 0. The van der Waals surface area contributed by atoms with Crippen molar-refractivity contribution in [2.45, 2.75) is 13.8 Å². The summed E-state index contributed by atoms with van der Waals surface area (Å²) in [6.07, 6.45) is 1.83. The molecule has 68 valence electrons. The van der Waals surface area contributed by atoms with Gasteiger partial charge in [-0.05, 0) is 26.0 Å². The van der Waals surface area contributed by atoms with Gasteiger partial charge < -0.3 is 10.4 Å². The summed E-state index contributed by atoms with van der Waals surface area (Å²) in [5.74, 6) is 1.07. The summed E-state index contributed by atoms with van der Waals surface area (Å²) < 4.78 is 0. The number of aromatic nitrogens is 1. The molecule has 0 atom stereocenters. The zero-order valence-electron chi connectivity index (χ0n) is 8.57. The predicted octanol–water partition coefficient (Wildman–Crippen LogP) is -1.24. The van der Waals surface area contributed by atoms with Crippen molar-refractivity contribution >= 4 is 5.82 Å². The number of nitrogens with zero attached hydrogens (tertiary/aromatic N) is 2. The first-order chi connectivity index (χ1) is 5.38. The van der Waals surface area contributed by atoms with E-state index in [9.17, 15) is 0 Å². The van der Waals surface area contributed by atoms with Crippen LogP contribution in [0.4, 0.5) is 5.82 Å². The molecule has 0 aliphatic rings. The predicted molar refractivity (Wildman–Crippen MR) is 49.7 cm³/mol. The van der Waals surface area contributed by atoms with Gasteiger partial charge in [-0.1, -0.05) is 6.07 Å².